The smallest absolute Gasteiger partial charge is 0.255 e. The van der Waals surface area contributed by atoms with Crippen LogP contribution in [-0.2, 0) is 11.3 Å². The van der Waals surface area contributed by atoms with Crippen molar-refractivity contribution in [2.24, 2.45) is 0 Å². The van der Waals surface area contributed by atoms with Crippen LogP contribution in [-0.4, -0.2) is 27.8 Å². The third kappa shape index (κ3) is 5.83. The number of hydrogen-bond donors (Lipinski definition) is 1. The molecule has 7 nitrogen and oxygen atoms in total. The number of fused-ring (bicyclic) bond motifs is 1. The molecule has 30 heavy (non-hydrogen) atoms. The molecule has 0 atom stereocenters. The van der Waals surface area contributed by atoms with Crippen LogP contribution in [0.5, 0.6) is 0 Å². The largest absolute Gasteiger partial charge is 0.501 e. The summed E-state index contributed by atoms with van der Waals surface area (Å²) in [6, 6.07) is 5.16. The number of oxazole rings is 1. The molecule has 7 heteroatoms. The van der Waals surface area contributed by atoms with Gasteiger partial charge in [0.05, 0.1) is 31.3 Å². The first-order valence-corrected chi connectivity index (χ1v) is 9.89. The van der Waals surface area contributed by atoms with E-state index in [4.69, 9.17) is 9.15 Å². The number of aromatic nitrogens is 3. The number of carbonyl (C=O) groups is 1. The van der Waals surface area contributed by atoms with Gasteiger partial charge in [-0.25, -0.2) is 4.98 Å². The van der Waals surface area contributed by atoms with Crippen molar-refractivity contribution < 1.29 is 13.9 Å². The van der Waals surface area contributed by atoms with Gasteiger partial charge in [0.2, 0.25) is 0 Å². The summed E-state index contributed by atoms with van der Waals surface area (Å²) in [5.41, 5.74) is 4.27. The van der Waals surface area contributed by atoms with Gasteiger partial charge in [-0.05, 0) is 37.6 Å². The lowest BCUT2D eigenvalue weighted by Gasteiger charge is -2.11. The second-order valence-corrected chi connectivity index (χ2v) is 7.02. The van der Waals surface area contributed by atoms with E-state index >= 15 is 0 Å². The minimum atomic E-state index is -0.241. The van der Waals surface area contributed by atoms with Crippen LogP contribution in [0.3, 0.4) is 0 Å². The van der Waals surface area contributed by atoms with Gasteiger partial charge in [-0.2, -0.15) is 5.10 Å². The van der Waals surface area contributed by atoms with Crippen LogP contribution in [0.2, 0.25) is 0 Å². The summed E-state index contributed by atoms with van der Waals surface area (Å²) in [7, 11) is 1.62. The molecule has 0 radical (unpaired) electrons. The Kier molecular flexibility index (Phi) is 7.98. The summed E-state index contributed by atoms with van der Waals surface area (Å²) >= 11 is 0. The van der Waals surface area contributed by atoms with E-state index in [9.17, 15) is 4.79 Å². The van der Waals surface area contributed by atoms with Crippen molar-refractivity contribution in [3.05, 3.63) is 65.5 Å². The molecule has 0 saturated heterocycles. The monoisotopic (exact) mass is 410 g/mol. The first-order valence-electron chi connectivity index (χ1n) is 9.89. The molecule has 1 N–H and O–H groups in total. The van der Waals surface area contributed by atoms with Crippen molar-refractivity contribution in [3.63, 3.8) is 0 Å². The predicted octanol–water partition coefficient (Wildman–Crippen LogP) is 5.50. The number of ether oxygens (including phenoxy) is 1. The average Bonchev–Trinajstić information content (AvgIpc) is 3.30. The molecule has 1 amide bonds. The maximum atomic E-state index is 12.5. The molecule has 0 aliphatic rings. The zero-order valence-corrected chi connectivity index (χ0v) is 18.6. The number of amides is 1. The third-order valence-corrected chi connectivity index (χ3v) is 4.22. The van der Waals surface area contributed by atoms with Crippen LogP contribution in [0.15, 0.2) is 58.5 Å². The molecular formula is C23H30N4O3. The quantitative estimate of drug-likeness (QED) is 0.429. The fraction of sp³-hybridized carbons (Fsp3) is 0.348. The first kappa shape index (κ1) is 22.9. The Bertz CT molecular complexity index is 1060. The maximum Gasteiger partial charge on any atom is 0.255 e. The lowest BCUT2D eigenvalue weighted by atomic mass is 10.1. The Morgan fingerprint density at radius 2 is 2.00 bits per heavy atom. The van der Waals surface area contributed by atoms with E-state index in [1.54, 1.807) is 49.3 Å². The minimum Gasteiger partial charge on any atom is -0.501 e. The second-order valence-electron chi connectivity index (χ2n) is 7.02. The molecule has 0 fully saturated rings. The van der Waals surface area contributed by atoms with E-state index in [0.29, 0.717) is 29.3 Å². The number of rotatable bonds is 6. The average molecular weight is 411 g/mol. The van der Waals surface area contributed by atoms with Gasteiger partial charge in [0.25, 0.3) is 5.91 Å². The lowest BCUT2D eigenvalue weighted by Crippen LogP contribution is -2.11. The Hall–Kier alpha value is -3.35. The number of carbonyl (C=O) groups excluding carboxylic acids is 1. The van der Waals surface area contributed by atoms with Crippen molar-refractivity contribution in [1.29, 1.82) is 0 Å². The molecule has 0 bridgehead atoms. The zero-order valence-electron chi connectivity index (χ0n) is 18.6. The van der Waals surface area contributed by atoms with E-state index in [-0.39, 0.29) is 5.91 Å². The van der Waals surface area contributed by atoms with E-state index < -0.39 is 0 Å². The molecule has 160 valence electrons. The van der Waals surface area contributed by atoms with E-state index in [2.05, 4.69) is 35.8 Å². The molecule has 1 aromatic carbocycles. The van der Waals surface area contributed by atoms with Gasteiger partial charge in [-0.1, -0.05) is 26.8 Å². The Morgan fingerprint density at radius 3 is 2.63 bits per heavy atom. The predicted molar refractivity (Wildman–Crippen MR) is 119 cm³/mol. The van der Waals surface area contributed by atoms with Crippen molar-refractivity contribution in [1.82, 2.24) is 14.8 Å². The highest BCUT2D eigenvalue weighted by atomic mass is 16.5. The maximum absolute atomic E-state index is 12.5. The molecule has 3 rings (SSSR count). The molecule has 2 heterocycles. The van der Waals surface area contributed by atoms with Gasteiger partial charge >= 0.3 is 0 Å². The molecule has 2 aromatic heterocycles. The highest BCUT2D eigenvalue weighted by Crippen LogP contribution is 2.19. The number of nitrogens with zero attached hydrogens (tertiary/aromatic N) is 3. The van der Waals surface area contributed by atoms with Crippen molar-refractivity contribution in [2.45, 2.75) is 47.6 Å². The van der Waals surface area contributed by atoms with E-state index in [0.717, 1.165) is 22.4 Å². The molecule has 0 saturated carbocycles. The Labute approximate surface area is 177 Å². The Balaban J connectivity index is 0.00000101. The van der Waals surface area contributed by atoms with Crippen molar-refractivity contribution in [3.8, 4) is 0 Å². The summed E-state index contributed by atoms with van der Waals surface area (Å²) in [5.74, 6) is 1.12. The number of benzene rings is 1. The minimum absolute atomic E-state index is 0.241. The van der Waals surface area contributed by atoms with E-state index in [1.165, 1.54) is 6.42 Å². The summed E-state index contributed by atoms with van der Waals surface area (Å²) in [5, 5.41) is 7.14. The second kappa shape index (κ2) is 10.4. The highest BCUT2D eigenvalue weighted by molar-refractivity contribution is 6.05. The van der Waals surface area contributed by atoms with Gasteiger partial charge in [0.15, 0.2) is 11.5 Å². The third-order valence-electron chi connectivity index (χ3n) is 4.22. The van der Waals surface area contributed by atoms with Crippen LogP contribution >= 0.6 is 0 Å². The zero-order chi connectivity index (χ0) is 22.3. The fourth-order valence-corrected chi connectivity index (χ4v) is 2.73. The number of nitrogens with one attached hydrogen (secondary N) is 1. The Morgan fingerprint density at radius 1 is 1.30 bits per heavy atom. The van der Waals surface area contributed by atoms with Crippen LogP contribution < -0.4 is 5.32 Å². The van der Waals surface area contributed by atoms with Crippen molar-refractivity contribution in [2.75, 3.05) is 12.4 Å². The van der Waals surface area contributed by atoms with Gasteiger partial charge in [0.1, 0.15) is 5.52 Å². The van der Waals surface area contributed by atoms with Gasteiger partial charge in [-0.3, -0.25) is 9.48 Å². The SMILES string of the molecule is C=C(C)/C(Cn1cc(NC(=O)c2ccc3nc(C)oc3c2)cn1)=C(/C)OC.CCC. The van der Waals surface area contributed by atoms with Gasteiger partial charge < -0.3 is 14.5 Å². The normalized spacial score (nSPS) is 11.4. The first-order chi connectivity index (χ1) is 14.3. The highest BCUT2D eigenvalue weighted by Gasteiger charge is 2.12. The summed E-state index contributed by atoms with van der Waals surface area (Å²) in [6.45, 7) is 14.3. The molecule has 3 aromatic rings. The summed E-state index contributed by atoms with van der Waals surface area (Å²) in [6.07, 6.45) is 4.62. The van der Waals surface area contributed by atoms with E-state index in [1.807, 2.05) is 13.8 Å². The van der Waals surface area contributed by atoms with Crippen molar-refractivity contribution >= 4 is 22.7 Å². The molecule has 0 spiro atoms. The van der Waals surface area contributed by atoms with Crippen LogP contribution in [0.1, 0.15) is 50.4 Å². The lowest BCUT2D eigenvalue weighted by molar-refractivity contribution is 0.102. The number of hydrogen-bond acceptors (Lipinski definition) is 5. The standard InChI is InChI=1S/C20H22N4O3.C3H8/c1-12(2)17(13(3)26-5)11-24-10-16(9-21-24)23-20(25)15-6-7-18-19(8-15)27-14(4)22-18;1-3-2/h6-10H,1,11H2,2-5H3,(H,23,25);3H2,1-2H3/b17-13-;. The summed E-state index contributed by atoms with van der Waals surface area (Å²) in [4.78, 5) is 16.7. The molecular weight excluding hydrogens is 380 g/mol. The number of methoxy groups -OCH3 is 1. The van der Waals surface area contributed by atoms with Gasteiger partial charge in [-0.15, -0.1) is 0 Å². The topological polar surface area (TPSA) is 82.2 Å². The van der Waals surface area contributed by atoms with Gasteiger partial charge in [0, 0.05) is 24.3 Å². The number of aryl methyl sites for hydroxylation is 1. The number of anilines is 1. The fourth-order valence-electron chi connectivity index (χ4n) is 2.73. The number of allylic oxidation sites excluding steroid dienone is 3. The summed E-state index contributed by atoms with van der Waals surface area (Å²) < 4.78 is 12.5. The van der Waals surface area contributed by atoms with Crippen LogP contribution in [0.4, 0.5) is 5.69 Å². The van der Waals surface area contributed by atoms with Crippen LogP contribution in [0, 0.1) is 6.92 Å². The molecule has 0 unspecified atom stereocenters. The molecule has 0 aliphatic carbocycles. The molecule has 0 aliphatic heterocycles. The van der Waals surface area contributed by atoms with Crippen LogP contribution in [0.25, 0.3) is 11.1 Å².